The van der Waals surface area contributed by atoms with Gasteiger partial charge in [0.15, 0.2) is 23.0 Å². The zero-order valence-corrected chi connectivity index (χ0v) is 14.5. The number of halogens is 2. The van der Waals surface area contributed by atoms with Crippen LogP contribution in [0.1, 0.15) is 0 Å². The number of rotatable bonds is 4. The average molecular weight is 375 g/mol. The molecule has 2 aromatic carbocycles. The lowest BCUT2D eigenvalue weighted by Gasteiger charge is -2.04. The maximum atomic E-state index is 13.5. The van der Waals surface area contributed by atoms with E-state index in [0.29, 0.717) is 9.82 Å². The van der Waals surface area contributed by atoms with E-state index < -0.39 is 11.7 Å². The molecule has 0 radical (unpaired) electrons. The van der Waals surface area contributed by atoms with Gasteiger partial charge in [-0.25, -0.2) is 4.39 Å². The summed E-state index contributed by atoms with van der Waals surface area (Å²) in [4.78, 5) is 16.6. The maximum absolute atomic E-state index is 13.5. The van der Waals surface area contributed by atoms with E-state index in [-0.39, 0.29) is 18.9 Å². The summed E-state index contributed by atoms with van der Waals surface area (Å²) < 4.78 is 21.3. The molecule has 4 nitrogen and oxygen atoms in total. The highest BCUT2D eigenvalue weighted by atomic mass is 35.5. The molecular formula is C18H12ClFN2O2S. The summed E-state index contributed by atoms with van der Waals surface area (Å²) in [7, 11) is 0. The van der Waals surface area contributed by atoms with Gasteiger partial charge in [-0.3, -0.25) is 4.79 Å². The number of para-hydroxylation sites is 1. The number of ether oxygens (including phenoxy) is 1. The smallest absolute Gasteiger partial charge is 0.286 e. The molecule has 0 atom stereocenters. The highest BCUT2D eigenvalue weighted by Gasteiger charge is 2.09. The van der Waals surface area contributed by atoms with Crippen LogP contribution in [0.15, 0.2) is 47.5 Å². The Labute approximate surface area is 152 Å². The number of carbonyl (C=O) groups excluding carboxylic acids is 1. The van der Waals surface area contributed by atoms with Gasteiger partial charge in [0.25, 0.3) is 5.91 Å². The first-order chi connectivity index (χ1) is 12.1. The number of thiazole rings is 1. The predicted octanol–water partition coefficient (Wildman–Crippen LogP) is 3.63. The van der Waals surface area contributed by atoms with Crippen molar-refractivity contribution in [2.24, 2.45) is 4.99 Å². The van der Waals surface area contributed by atoms with Crippen LogP contribution >= 0.6 is 22.9 Å². The van der Waals surface area contributed by atoms with E-state index in [1.807, 2.05) is 6.07 Å². The van der Waals surface area contributed by atoms with Crippen LogP contribution in [0.25, 0.3) is 10.2 Å². The van der Waals surface area contributed by atoms with Crippen molar-refractivity contribution in [1.29, 1.82) is 0 Å². The molecule has 1 aromatic heterocycles. The summed E-state index contributed by atoms with van der Waals surface area (Å²) >= 11 is 7.30. The monoisotopic (exact) mass is 374 g/mol. The number of terminal acetylenes is 1. The van der Waals surface area contributed by atoms with Gasteiger partial charge in [-0.1, -0.05) is 41.0 Å². The lowest BCUT2D eigenvalue weighted by atomic mass is 10.3. The Morgan fingerprint density at radius 3 is 2.92 bits per heavy atom. The van der Waals surface area contributed by atoms with E-state index in [0.717, 1.165) is 10.2 Å². The highest BCUT2D eigenvalue weighted by molar-refractivity contribution is 7.16. The van der Waals surface area contributed by atoms with Gasteiger partial charge in [0.1, 0.15) is 0 Å². The fourth-order valence-electron chi connectivity index (χ4n) is 2.22. The molecule has 0 unspecified atom stereocenters. The molecule has 7 heteroatoms. The second kappa shape index (κ2) is 7.51. The minimum Gasteiger partial charge on any atom is -0.481 e. The van der Waals surface area contributed by atoms with Crippen molar-refractivity contribution in [1.82, 2.24) is 4.57 Å². The Kier molecular flexibility index (Phi) is 5.17. The van der Waals surface area contributed by atoms with Crippen LogP contribution < -0.4 is 9.54 Å². The van der Waals surface area contributed by atoms with Gasteiger partial charge in [0.2, 0.25) is 0 Å². The van der Waals surface area contributed by atoms with Crippen LogP contribution in [0, 0.1) is 18.2 Å². The average Bonchev–Trinajstić information content (AvgIpc) is 2.91. The summed E-state index contributed by atoms with van der Waals surface area (Å²) in [6.07, 6.45) is 5.41. The van der Waals surface area contributed by atoms with E-state index in [2.05, 4.69) is 10.9 Å². The standard InChI is InChI=1S/C18H12ClFN2O2S/c1-2-9-22-14-8-7-12(19)10-16(14)25-18(22)21-17(23)11-24-15-6-4-3-5-13(15)20/h1,3-8,10H,9,11H2. The summed E-state index contributed by atoms with van der Waals surface area (Å²) in [5.41, 5.74) is 0.842. The number of amides is 1. The summed E-state index contributed by atoms with van der Waals surface area (Å²) in [6.45, 7) is -0.103. The summed E-state index contributed by atoms with van der Waals surface area (Å²) in [5, 5.41) is 0.586. The molecule has 1 heterocycles. The second-order valence-corrected chi connectivity index (χ2v) is 6.46. The van der Waals surface area contributed by atoms with Gasteiger partial charge < -0.3 is 9.30 Å². The molecule has 3 aromatic rings. The van der Waals surface area contributed by atoms with Crippen molar-refractivity contribution >= 4 is 39.1 Å². The third kappa shape index (κ3) is 3.90. The molecule has 0 N–H and O–H groups in total. The molecule has 0 saturated carbocycles. The van der Waals surface area contributed by atoms with Crippen LogP contribution in [-0.4, -0.2) is 17.1 Å². The molecular weight excluding hydrogens is 363 g/mol. The third-order valence-electron chi connectivity index (χ3n) is 3.30. The van der Waals surface area contributed by atoms with Gasteiger partial charge in [-0.05, 0) is 30.3 Å². The fraction of sp³-hybridized carbons (Fsp3) is 0.111. The van der Waals surface area contributed by atoms with Gasteiger partial charge in [0, 0.05) is 5.02 Å². The fourth-order valence-corrected chi connectivity index (χ4v) is 3.54. The first-order valence-electron chi connectivity index (χ1n) is 7.25. The van der Waals surface area contributed by atoms with Crippen molar-refractivity contribution in [3.05, 3.63) is 58.1 Å². The van der Waals surface area contributed by atoms with Crippen molar-refractivity contribution in [3.63, 3.8) is 0 Å². The highest BCUT2D eigenvalue weighted by Crippen LogP contribution is 2.21. The molecule has 25 heavy (non-hydrogen) atoms. The van der Waals surface area contributed by atoms with Crippen LogP contribution in [0.5, 0.6) is 5.75 Å². The van der Waals surface area contributed by atoms with Crippen molar-refractivity contribution < 1.29 is 13.9 Å². The van der Waals surface area contributed by atoms with Gasteiger partial charge in [0.05, 0.1) is 16.8 Å². The van der Waals surface area contributed by atoms with Crippen molar-refractivity contribution in [2.75, 3.05) is 6.61 Å². The molecule has 0 bridgehead atoms. The lowest BCUT2D eigenvalue weighted by molar-refractivity contribution is -0.120. The van der Waals surface area contributed by atoms with Gasteiger partial charge in [-0.15, -0.1) is 6.42 Å². The van der Waals surface area contributed by atoms with E-state index >= 15 is 0 Å². The first kappa shape index (κ1) is 17.2. The van der Waals surface area contributed by atoms with E-state index in [9.17, 15) is 9.18 Å². The Morgan fingerprint density at radius 1 is 1.36 bits per heavy atom. The zero-order chi connectivity index (χ0) is 17.8. The first-order valence-corrected chi connectivity index (χ1v) is 8.45. The van der Waals surface area contributed by atoms with Crippen LogP contribution in [0.2, 0.25) is 5.02 Å². The van der Waals surface area contributed by atoms with E-state index in [1.165, 1.54) is 23.5 Å². The Hall–Kier alpha value is -2.62. The quantitative estimate of drug-likeness (QED) is 0.654. The molecule has 0 aliphatic rings. The minimum absolute atomic E-state index is 0.00525. The minimum atomic E-state index is -0.535. The summed E-state index contributed by atoms with van der Waals surface area (Å²) in [6, 6.07) is 11.2. The van der Waals surface area contributed by atoms with Crippen molar-refractivity contribution in [3.8, 4) is 18.1 Å². The topological polar surface area (TPSA) is 43.6 Å². The molecule has 3 rings (SSSR count). The Morgan fingerprint density at radius 2 is 2.16 bits per heavy atom. The van der Waals surface area contributed by atoms with Crippen LogP contribution in [0.3, 0.4) is 0 Å². The van der Waals surface area contributed by atoms with E-state index in [4.69, 9.17) is 22.8 Å². The molecule has 0 saturated heterocycles. The van der Waals surface area contributed by atoms with Crippen LogP contribution in [-0.2, 0) is 11.3 Å². The Balaban J connectivity index is 1.89. The Bertz CT molecular complexity index is 1050. The second-order valence-electron chi connectivity index (χ2n) is 5.01. The lowest BCUT2D eigenvalue weighted by Crippen LogP contribution is -2.19. The number of nitrogens with zero attached hydrogens (tertiary/aromatic N) is 2. The number of carbonyl (C=O) groups is 1. The predicted molar refractivity (Wildman–Crippen MR) is 96.1 cm³/mol. The third-order valence-corrected chi connectivity index (χ3v) is 4.58. The number of hydrogen-bond acceptors (Lipinski definition) is 3. The number of benzene rings is 2. The zero-order valence-electron chi connectivity index (χ0n) is 12.9. The largest absolute Gasteiger partial charge is 0.481 e. The van der Waals surface area contributed by atoms with Crippen LogP contribution in [0.4, 0.5) is 4.39 Å². The van der Waals surface area contributed by atoms with Gasteiger partial charge >= 0.3 is 0 Å². The molecule has 0 aliphatic heterocycles. The molecule has 1 amide bonds. The number of hydrogen-bond donors (Lipinski definition) is 0. The van der Waals surface area contributed by atoms with Gasteiger partial charge in [-0.2, -0.15) is 4.99 Å². The molecule has 126 valence electrons. The van der Waals surface area contributed by atoms with E-state index in [1.54, 1.807) is 28.8 Å². The molecule has 0 fully saturated rings. The maximum Gasteiger partial charge on any atom is 0.286 e. The number of fused-ring (bicyclic) bond motifs is 1. The SMILES string of the molecule is C#CCn1c(=NC(=O)COc2ccccc2F)sc2cc(Cl)ccc21. The van der Waals surface area contributed by atoms with Crippen molar-refractivity contribution in [2.45, 2.75) is 6.54 Å². The molecule has 0 spiro atoms. The number of aromatic nitrogens is 1. The molecule has 0 aliphatic carbocycles. The normalized spacial score (nSPS) is 11.5. The summed E-state index contributed by atoms with van der Waals surface area (Å²) in [5.74, 6) is 1.48.